The van der Waals surface area contributed by atoms with Crippen LogP contribution in [0.4, 0.5) is 0 Å². The van der Waals surface area contributed by atoms with E-state index >= 15 is 0 Å². The second-order valence-electron chi connectivity index (χ2n) is 10.1. The van der Waals surface area contributed by atoms with Crippen molar-refractivity contribution < 1.29 is 24.1 Å². The summed E-state index contributed by atoms with van der Waals surface area (Å²) in [6, 6.07) is 39.9. The van der Waals surface area contributed by atoms with E-state index in [1.54, 1.807) is 6.08 Å². The highest BCUT2D eigenvalue weighted by atomic mass is 16.6. The fraction of sp³-hybridized carbons (Fsp3) is 0.257. The molecule has 40 heavy (non-hydrogen) atoms. The maximum Gasteiger partial charge on any atom is 0.135 e. The topological polar surface area (TPSA) is 57.2 Å². The summed E-state index contributed by atoms with van der Waals surface area (Å²) in [6.07, 6.45) is 1.89. The normalized spacial score (nSPS) is 22.3. The minimum absolute atomic E-state index is 0.0501. The Balaban J connectivity index is 1.38. The summed E-state index contributed by atoms with van der Waals surface area (Å²) >= 11 is 0. The number of aliphatic hydroxyl groups is 1. The molecule has 0 fully saturated rings. The molecule has 0 spiro atoms. The Bertz CT molecular complexity index is 1300. The Kier molecular flexibility index (Phi) is 9.91. The molecule has 1 aliphatic carbocycles. The van der Waals surface area contributed by atoms with Crippen LogP contribution in [0.15, 0.2) is 133 Å². The van der Waals surface area contributed by atoms with Crippen LogP contribution >= 0.6 is 0 Å². The number of hydrogen-bond donors (Lipinski definition) is 1. The molecule has 0 heterocycles. The van der Waals surface area contributed by atoms with Gasteiger partial charge in [0.25, 0.3) is 0 Å². The third-order valence-electron chi connectivity index (χ3n) is 6.98. The highest BCUT2D eigenvalue weighted by molar-refractivity contribution is 5.21. The zero-order valence-electron chi connectivity index (χ0n) is 22.5. The number of benzene rings is 4. The summed E-state index contributed by atoms with van der Waals surface area (Å²) in [5, 5.41) is 12.0. The van der Waals surface area contributed by atoms with Gasteiger partial charge in [-0.15, -0.1) is 0 Å². The average molecular weight is 537 g/mol. The molecule has 0 radical (unpaired) electrons. The molecule has 0 saturated carbocycles. The Morgan fingerprint density at radius 3 is 1.45 bits per heavy atom. The first-order valence-corrected chi connectivity index (χ1v) is 13.7. The number of ether oxygens (including phenoxy) is 4. The van der Waals surface area contributed by atoms with E-state index in [0.717, 1.165) is 22.3 Å². The lowest BCUT2D eigenvalue weighted by Gasteiger charge is -2.43. The van der Waals surface area contributed by atoms with Gasteiger partial charge in [-0.3, -0.25) is 0 Å². The van der Waals surface area contributed by atoms with Gasteiger partial charge in [0.15, 0.2) is 0 Å². The molecule has 0 bridgehead atoms. The largest absolute Gasteiger partial charge is 0.381 e. The minimum Gasteiger partial charge on any atom is -0.381 e. The molecule has 4 aromatic rings. The average Bonchev–Trinajstić information content (AvgIpc) is 3.01. The first-order valence-electron chi connectivity index (χ1n) is 13.7. The van der Waals surface area contributed by atoms with Gasteiger partial charge in [0.2, 0.25) is 0 Å². The van der Waals surface area contributed by atoms with Crippen LogP contribution in [0.5, 0.6) is 0 Å². The Hall–Kier alpha value is -3.58. The maximum atomic E-state index is 12.0. The molecule has 5 rings (SSSR count). The first kappa shape index (κ1) is 28.0. The van der Waals surface area contributed by atoms with E-state index in [1.807, 2.05) is 127 Å². The summed E-state index contributed by atoms with van der Waals surface area (Å²) < 4.78 is 25.4. The lowest BCUT2D eigenvalue weighted by Crippen LogP contribution is -2.59. The highest BCUT2D eigenvalue weighted by Gasteiger charge is 2.48. The smallest absolute Gasteiger partial charge is 0.135 e. The van der Waals surface area contributed by atoms with Gasteiger partial charge < -0.3 is 24.1 Å². The predicted octanol–water partition coefficient (Wildman–Crippen LogP) is 6.26. The molecule has 5 nitrogen and oxygen atoms in total. The first-order chi connectivity index (χ1) is 19.7. The van der Waals surface area contributed by atoms with Crippen molar-refractivity contribution >= 4 is 0 Å². The van der Waals surface area contributed by atoms with E-state index in [-0.39, 0.29) is 6.61 Å². The van der Waals surface area contributed by atoms with Crippen molar-refractivity contribution in [2.75, 3.05) is 6.61 Å². The zero-order valence-corrected chi connectivity index (χ0v) is 22.5. The van der Waals surface area contributed by atoms with Gasteiger partial charge in [-0.1, -0.05) is 127 Å². The van der Waals surface area contributed by atoms with Crippen LogP contribution in [0.1, 0.15) is 22.3 Å². The van der Waals surface area contributed by atoms with Gasteiger partial charge in [-0.25, -0.2) is 0 Å². The van der Waals surface area contributed by atoms with E-state index in [0.29, 0.717) is 26.4 Å². The van der Waals surface area contributed by atoms with Gasteiger partial charge in [0, 0.05) is 0 Å². The Morgan fingerprint density at radius 1 is 0.525 bits per heavy atom. The molecule has 0 aromatic heterocycles. The van der Waals surface area contributed by atoms with E-state index in [9.17, 15) is 5.11 Å². The molecule has 4 atom stereocenters. The number of hydrogen-bond acceptors (Lipinski definition) is 5. The molecule has 5 heteroatoms. The van der Waals surface area contributed by atoms with E-state index in [1.165, 1.54) is 0 Å². The SMILES string of the molecule is O[C@@]1(COCc2ccccc2)C=C[C@H](OCc2ccccc2)[C@@H](OCc2ccccc2)[C@@H]1OCc1ccccc1. The van der Waals surface area contributed by atoms with Gasteiger partial charge in [0.1, 0.15) is 23.9 Å². The molecule has 0 unspecified atom stereocenters. The maximum absolute atomic E-state index is 12.0. The quantitative estimate of drug-likeness (QED) is 0.204. The van der Waals surface area contributed by atoms with Crippen molar-refractivity contribution in [3.05, 3.63) is 156 Å². The van der Waals surface area contributed by atoms with E-state index in [2.05, 4.69) is 0 Å². The van der Waals surface area contributed by atoms with Gasteiger partial charge in [-0.05, 0) is 28.3 Å². The molecule has 0 aliphatic heterocycles. The molecule has 1 N–H and O–H groups in total. The lowest BCUT2D eigenvalue weighted by molar-refractivity contribution is -0.209. The highest BCUT2D eigenvalue weighted by Crippen LogP contribution is 2.32. The summed E-state index contributed by atoms with van der Waals surface area (Å²) in [5.41, 5.74) is 2.72. The van der Waals surface area contributed by atoms with Crippen LogP contribution in [-0.2, 0) is 45.4 Å². The van der Waals surface area contributed by atoms with Crippen molar-refractivity contribution in [3.8, 4) is 0 Å². The summed E-state index contributed by atoms with van der Waals surface area (Å²) in [4.78, 5) is 0. The van der Waals surface area contributed by atoms with E-state index in [4.69, 9.17) is 18.9 Å². The molecular formula is C35H36O5. The summed E-state index contributed by atoms with van der Waals surface area (Å²) in [5.74, 6) is 0. The summed E-state index contributed by atoms with van der Waals surface area (Å²) in [6.45, 7) is 1.52. The number of rotatable bonds is 13. The minimum atomic E-state index is -1.42. The molecule has 0 amide bonds. The molecular weight excluding hydrogens is 500 g/mol. The standard InChI is InChI=1S/C35H36O5/c36-35(27-37-23-28-13-5-1-6-14-28)22-21-32(38-24-29-15-7-2-8-16-29)33(39-25-30-17-9-3-10-18-30)34(35)40-26-31-19-11-4-12-20-31/h1-22,32-34,36H,23-27H2/t32-,33+,34-,35+/m0/s1. The van der Waals surface area contributed by atoms with Crippen molar-refractivity contribution in [2.24, 2.45) is 0 Å². The van der Waals surface area contributed by atoms with Crippen LogP contribution in [0.3, 0.4) is 0 Å². The predicted molar refractivity (Wildman–Crippen MR) is 155 cm³/mol. The summed E-state index contributed by atoms with van der Waals surface area (Å²) in [7, 11) is 0. The van der Waals surface area contributed by atoms with Crippen molar-refractivity contribution in [2.45, 2.75) is 50.3 Å². The second kappa shape index (κ2) is 14.2. The monoisotopic (exact) mass is 536 g/mol. The van der Waals surface area contributed by atoms with Crippen molar-refractivity contribution in [1.29, 1.82) is 0 Å². The van der Waals surface area contributed by atoms with Gasteiger partial charge in [-0.2, -0.15) is 0 Å². The lowest BCUT2D eigenvalue weighted by atomic mass is 9.84. The molecule has 206 valence electrons. The second-order valence-corrected chi connectivity index (χ2v) is 10.1. The van der Waals surface area contributed by atoms with E-state index < -0.39 is 23.9 Å². The van der Waals surface area contributed by atoms with Crippen LogP contribution < -0.4 is 0 Å². The van der Waals surface area contributed by atoms with Crippen LogP contribution in [0.2, 0.25) is 0 Å². The van der Waals surface area contributed by atoms with Crippen molar-refractivity contribution in [1.82, 2.24) is 0 Å². The van der Waals surface area contributed by atoms with Gasteiger partial charge >= 0.3 is 0 Å². The van der Waals surface area contributed by atoms with Crippen LogP contribution in [0, 0.1) is 0 Å². The fourth-order valence-corrected chi connectivity index (χ4v) is 4.82. The fourth-order valence-electron chi connectivity index (χ4n) is 4.82. The molecule has 4 aromatic carbocycles. The van der Waals surface area contributed by atoms with Crippen LogP contribution in [0.25, 0.3) is 0 Å². The molecule has 0 saturated heterocycles. The Morgan fingerprint density at radius 2 is 0.950 bits per heavy atom. The zero-order chi connectivity index (χ0) is 27.5. The third kappa shape index (κ3) is 7.75. The van der Waals surface area contributed by atoms with Crippen molar-refractivity contribution in [3.63, 3.8) is 0 Å². The Labute approximate surface area is 236 Å². The molecule has 1 aliphatic rings. The third-order valence-corrected chi connectivity index (χ3v) is 6.98. The van der Waals surface area contributed by atoms with Crippen LogP contribution in [-0.4, -0.2) is 35.6 Å². The van der Waals surface area contributed by atoms with Gasteiger partial charge in [0.05, 0.1) is 33.0 Å².